The van der Waals surface area contributed by atoms with E-state index in [1.165, 1.54) is 5.56 Å². The van der Waals surface area contributed by atoms with Gasteiger partial charge in [0.05, 0.1) is 0 Å². The molecule has 0 saturated carbocycles. The van der Waals surface area contributed by atoms with Gasteiger partial charge in [-0.05, 0) is 29.0 Å². The number of carbonyl (C=O) groups is 1. The number of benzene rings is 8. The van der Waals surface area contributed by atoms with E-state index in [-0.39, 0.29) is 58.4 Å². The third kappa shape index (κ3) is 7.59. The van der Waals surface area contributed by atoms with Crippen LogP contribution in [0.2, 0.25) is 0 Å². The molecule has 0 radical (unpaired) electrons. The van der Waals surface area contributed by atoms with E-state index in [0.29, 0.717) is 43.2 Å². The second kappa shape index (κ2) is 17.4. The second-order valence-corrected chi connectivity index (χ2v) is 19.7. The molecule has 3 aromatic heterocycles. The van der Waals surface area contributed by atoms with Gasteiger partial charge in [-0.25, -0.2) is 0 Å². The predicted octanol–water partition coefficient (Wildman–Crippen LogP) is 15.4. The van der Waals surface area contributed by atoms with Crippen LogP contribution in [0.15, 0.2) is 194 Å². The SMILES string of the molecule is [2H]c1c([2H])c([2H])c(-c2cc3c(c(-c4c([2H])c([2H])c([2H])c([2H])c4[2H])c2-n2[c](=[Pt])n(-c4cccc(Oc5ccc6c7ccccc7n(-c7cc(C)c(-c8ccc(C(C)(C)C)cc8)cn7)c6c5)c4)c4ccccc42)CCC(=O)C3)c([2H])c1[2H]. The van der Waals surface area contributed by atoms with E-state index in [4.69, 9.17) is 17.9 Å². The zero-order chi connectivity index (χ0) is 56.4. The van der Waals surface area contributed by atoms with E-state index in [9.17, 15) is 10.3 Å². The third-order valence-corrected chi connectivity index (χ3v) is 14.3. The van der Waals surface area contributed by atoms with Gasteiger partial charge in [-0.2, -0.15) is 0 Å². The Hall–Kier alpha value is -7.66. The summed E-state index contributed by atoms with van der Waals surface area (Å²) in [4.78, 5) is 18.4. The van der Waals surface area contributed by atoms with Crippen molar-refractivity contribution in [2.45, 2.75) is 52.4 Å². The molecule has 0 saturated heterocycles. The Labute approximate surface area is 432 Å². The maximum atomic E-state index is 13.3. The van der Waals surface area contributed by atoms with E-state index in [1.807, 2.05) is 88.1 Å². The number of Topliss-reactive ketones (excluding diaryl/α,β-unsaturated/α-hetero) is 1. The Balaban J connectivity index is 1.03. The number of para-hydroxylation sites is 3. The van der Waals surface area contributed by atoms with Gasteiger partial charge in [0.15, 0.2) is 0 Å². The molecule has 8 aromatic carbocycles. The van der Waals surface area contributed by atoms with Gasteiger partial charge in [0.1, 0.15) is 0 Å². The maximum absolute atomic E-state index is 13.3. The van der Waals surface area contributed by atoms with Gasteiger partial charge in [-0.15, -0.1) is 0 Å². The first-order valence-electron chi connectivity index (χ1n) is 28.2. The number of imidazole rings is 1. The van der Waals surface area contributed by atoms with Crippen LogP contribution in [0.25, 0.3) is 83.4 Å². The van der Waals surface area contributed by atoms with Crippen molar-refractivity contribution in [3.63, 3.8) is 0 Å². The van der Waals surface area contributed by atoms with Gasteiger partial charge in [-0.1, -0.05) is 57.2 Å². The molecule has 0 bridgehead atoms. The monoisotopic (exact) mass is 1100 g/mol. The number of aryl methyl sites for hydroxylation is 1. The molecule has 1 aliphatic carbocycles. The van der Waals surface area contributed by atoms with E-state index in [0.717, 1.165) is 44.3 Å². The summed E-state index contributed by atoms with van der Waals surface area (Å²) in [5.41, 5.74) is 9.66. The molecule has 0 amide bonds. The quantitative estimate of drug-likeness (QED) is 0.152. The number of aromatic nitrogens is 4. The minimum atomic E-state index is -0.594. The van der Waals surface area contributed by atoms with Crippen molar-refractivity contribution < 1.29 is 42.6 Å². The summed E-state index contributed by atoms with van der Waals surface area (Å²) in [6.07, 6.45) is 2.15. The topological polar surface area (TPSA) is 54.0 Å². The first-order chi connectivity index (χ1) is 38.2. The average molecular weight is 1100 g/mol. The van der Waals surface area contributed by atoms with Crippen LogP contribution in [0, 0.1) is 10.7 Å². The Morgan fingerprint density at radius 1 is 0.614 bits per heavy atom. The number of carbonyl (C=O) groups excluding carboxylic acids is 1. The predicted molar refractivity (Wildman–Crippen MR) is 281 cm³/mol. The van der Waals surface area contributed by atoms with Crippen LogP contribution in [-0.2, 0) is 42.4 Å². The van der Waals surface area contributed by atoms with Gasteiger partial charge >= 0.3 is 336 Å². The number of nitrogens with zero attached hydrogens (tertiary/aromatic N) is 4. The van der Waals surface area contributed by atoms with Crippen molar-refractivity contribution in [1.82, 2.24) is 18.7 Å². The molecular formula is C63H50N4O2Pt. The molecule has 1 aliphatic rings. The molecule has 70 heavy (non-hydrogen) atoms. The summed E-state index contributed by atoms with van der Waals surface area (Å²) in [6, 6.07) is 36.4. The van der Waals surface area contributed by atoms with Gasteiger partial charge < -0.3 is 0 Å². The molecule has 0 aliphatic heterocycles. The van der Waals surface area contributed by atoms with Crippen LogP contribution in [0.3, 0.4) is 0 Å². The molecule has 3 heterocycles. The third-order valence-electron chi connectivity index (χ3n) is 13.3. The van der Waals surface area contributed by atoms with Gasteiger partial charge in [0.25, 0.3) is 0 Å². The number of ketones is 1. The number of fused-ring (bicyclic) bond motifs is 5. The number of pyridine rings is 1. The molecule has 6 nitrogen and oxygen atoms in total. The molecule has 0 spiro atoms. The van der Waals surface area contributed by atoms with Crippen LogP contribution in [-0.4, -0.2) is 24.5 Å². The van der Waals surface area contributed by atoms with Crippen molar-refractivity contribution in [3.8, 4) is 62.1 Å². The Morgan fingerprint density at radius 3 is 2.01 bits per heavy atom. The van der Waals surface area contributed by atoms with E-state index in [2.05, 4.69) is 100 Å². The van der Waals surface area contributed by atoms with Crippen LogP contribution in [0.5, 0.6) is 11.5 Å². The molecule has 0 unspecified atom stereocenters. The van der Waals surface area contributed by atoms with Crippen molar-refractivity contribution in [2.75, 3.05) is 0 Å². The molecule has 0 atom stereocenters. The van der Waals surface area contributed by atoms with E-state index >= 15 is 0 Å². The zero-order valence-corrected chi connectivity index (χ0v) is 41.0. The Kier molecular flexibility index (Phi) is 8.39. The number of hydrogen-bond donors (Lipinski definition) is 0. The van der Waals surface area contributed by atoms with Crippen LogP contribution < -0.4 is 4.74 Å². The molecule has 7 heteroatoms. The van der Waals surface area contributed by atoms with Gasteiger partial charge in [0.2, 0.25) is 0 Å². The molecule has 344 valence electrons. The van der Waals surface area contributed by atoms with Crippen molar-refractivity contribution >= 4 is 38.6 Å². The van der Waals surface area contributed by atoms with E-state index in [1.54, 1.807) is 6.07 Å². The van der Waals surface area contributed by atoms with Crippen molar-refractivity contribution in [2.24, 2.45) is 0 Å². The average Bonchev–Trinajstić information content (AvgIpc) is 4.13. The number of ether oxygens (including phenoxy) is 1. The standard InChI is InChI=1S/C63H50N4O2.Pt/c1-41-34-60(64-39-55(41)43-26-28-46(29-27-43)63(2,3)4)67-56-23-12-11-22-52(56)53-33-31-50(38-59(53)67)69-49-21-15-20-47(37-49)65-40-66(58-25-14-13-24-57(58)65)62-54(42-16-7-5-8-17-42)36-45-35-48(68)30-32-51(45)61(62)44-18-9-6-10-19-44;/h5-29,31,33-34,36-39H,30,32,35H2,1-4H3;/i5D,6D,7D,8D,9D,10D,16D,17D,18D,19D;. The molecule has 12 rings (SSSR count). The molecule has 0 fully saturated rings. The fourth-order valence-electron chi connectivity index (χ4n) is 10.00. The van der Waals surface area contributed by atoms with Gasteiger partial charge in [0, 0.05) is 11.8 Å². The zero-order valence-electron chi connectivity index (χ0n) is 48.7. The summed E-state index contributed by atoms with van der Waals surface area (Å²) < 4.78 is 103. The van der Waals surface area contributed by atoms with Crippen LogP contribution in [0.4, 0.5) is 0 Å². The summed E-state index contributed by atoms with van der Waals surface area (Å²) in [6.45, 7) is 8.74. The summed E-state index contributed by atoms with van der Waals surface area (Å²) in [7, 11) is 0. The summed E-state index contributed by atoms with van der Waals surface area (Å²) >= 11 is 2.18. The molecule has 0 N–H and O–H groups in total. The van der Waals surface area contributed by atoms with Gasteiger partial charge in [-0.3, -0.25) is 0 Å². The first kappa shape index (κ1) is 33.8. The molecular weight excluding hydrogens is 1040 g/mol. The summed E-state index contributed by atoms with van der Waals surface area (Å²) in [5, 5.41) is 2.09. The van der Waals surface area contributed by atoms with E-state index < -0.39 is 60.4 Å². The fourth-order valence-corrected chi connectivity index (χ4v) is 11.1. The number of hydrogen-bond acceptors (Lipinski definition) is 3. The fraction of sp³-hybridized carbons (Fsp3) is 0.127. The first-order valence-corrected chi connectivity index (χ1v) is 24.3. The summed E-state index contributed by atoms with van der Waals surface area (Å²) in [5.74, 6) is 1.76. The van der Waals surface area contributed by atoms with Crippen LogP contribution in [0.1, 0.15) is 63.2 Å². The van der Waals surface area contributed by atoms with Crippen LogP contribution >= 0.6 is 0 Å². The Bertz CT molecular complexity index is 4480. The second-order valence-electron chi connectivity index (χ2n) is 18.7. The Morgan fingerprint density at radius 2 is 1.29 bits per heavy atom. The normalized spacial score (nSPS) is 14.8. The minimum absolute atomic E-state index is 0.0387. The number of rotatable bonds is 8. The molecule has 11 aromatic rings. The van der Waals surface area contributed by atoms with Crippen molar-refractivity contribution in [3.05, 3.63) is 220 Å². The van der Waals surface area contributed by atoms with Crippen molar-refractivity contribution in [1.29, 1.82) is 0 Å².